The van der Waals surface area contributed by atoms with Crippen LogP contribution in [0, 0.1) is 0 Å². The molecule has 0 radical (unpaired) electrons. The maximum atomic E-state index is 6.60. The molecule has 0 unspecified atom stereocenters. The Balaban J connectivity index is 0.000000101. The Kier molecular flexibility index (Phi) is 17.9. The van der Waals surface area contributed by atoms with E-state index in [4.69, 9.17) is 34.3 Å². The third kappa shape index (κ3) is 12.3. The van der Waals surface area contributed by atoms with Gasteiger partial charge in [0.2, 0.25) is 17.8 Å². The molecule has 4 aliphatic carbocycles. The van der Waals surface area contributed by atoms with Crippen molar-refractivity contribution < 1.29 is 4.42 Å². The molecule has 29 aromatic rings. The van der Waals surface area contributed by atoms with Crippen molar-refractivity contribution in [1.82, 2.24) is 43.6 Å². The van der Waals surface area contributed by atoms with Gasteiger partial charge < -0.3 is 4.42 Å². The van der Waals surface area contributed by atoms with E-state index in [1.165, 1.54) is 185 Å². The molecule has 33 rings (SSSR count). The Morgan fingerprint density at radius 2 is 0.530 bits per heavy atom. The van der Waals surface area contributed by atoms with Crippen LogP contribution in [0.25, 0.3) is 269 Å². The largest absolute Gasteiger partial charge is 0.452 e. The summed E-state index contributed by atoms with van der Waals surface area (Å²) < 4.78 is 15.8. The van der Waals surface area contributed by atoms with Crippen LogP contribution in [0.1, 0.15) is 99.9 Å². The van der Waals surface area contributed by atoms with Gasteiger partial charge in [0.25, 0.3) is 0 Å². The predicted molar refractivity (Wildman–Crippen MR) is 621 cm³/mol. The van der Waals surface area contributed by atoms with Gasteiger partial charge in [-0.05, 0) is 228 Å². The Bertz CT molecular complexity index is 10600. The molecule has 11 heteroatoms. The highest BCUT2D eigenvalue weighted by Crippen LogP contribution is 2.58. The van der Waals surface area contributed by atoms with Crippen molar-refractivity contribution in [1.29, 1.82) is 0 Å². The van der Waals surface area contributed by atoms with E-state index >= 15 is 0 Å². The number of nitrogens with zero attached hydrogens (tertiary/aromatic N) is 9. The van der Waals surface area contributed by atoms with E-state index in [0.717, 1.165) is 105 Å². The minimum Gasteiger partial charge on any atom is -0.452 e. The molecule has 8 aromatic heterocycles. The fraction of sp³-hybridized carbons (Fsp3) is 0.0870. The zero-order valence-electron chi connectivity index (χ0n) is 83.2. The molecular formula is C138H93N9OS. The maximum Gasteiger partial charge on any atom is 0.236 e. The van der Waals surface area contributed by atoms with E-state index in [9.17, 15) is 0 Å². The lowest BCUT2D eigenvalue weighted by Crippen LogP contribution is -2.18. The first kappa shape index (κ1) is 85.3. The first-order chi connectivity index (χ1) is 72.9. The smallest absolute Gasteiger partial charge is 0.236 e. The zero-order valence-corrected chi connectivity index (χ0v) is 84.0. The summed E-state index contributed by atoms with van der Waals surface area (Å²) >= 11 is 1.79. The average molecular weight is 1930 g/mol. The second-order valence-corrected chi connectivity index (χ2v) is 44.1. The van der Waals surface area contributed by atoms with Crippen LogP contribution in [-0.2, 0) is 21.7 Å². The third-order valence-electron chi connectivity index (χ3n) is 33.5. The molecule has 0 N–H and O–H groups in total. The first-order valence-electron chi connectivity index (χ1n) is 51.6. The van der Waals surface area contributed by atoms with Crippen molar-refractivity contribution in [3.8, 4) is 96.3 Å². The average Bonchev–Trinajstić information content (AvgIpc) is 1.56. The first-order valence-corrected chi connectivity index (χ1v) is 52.4. The second-order valence-electron chi connectivity index (χ2n) is 43.1. The summed E-state index contributed by atoms with van der Waals surface area (Å²) in [6.07, 6.45) is 0. The summed E-state index contributed by atoms with van der Waals surface area (Å²) in [6.45, 7) is 18.7. The van der Waals surface area contributed by atoms with Crippen molar-refractivity contribution in [2.75, 3.05) is 0 Å². The van der Waals surface area contributed by atoms with Crippen molar-refractivity contribution in [3.63, 3.8) is 0 Å². The summed E-state index contributed by atoms with van der Waals surface area (Å²) in [5.74, 6) is 2.02. The van der Waals surface area contributed by atoms with E-state index in [2.05, 4.69) is 469 Å². The Hall–Kier alpha value is -18.2. The number of fused-ring (bicyclic) bond motifs is 36. The van der Waals surface area contributed by atoms with Crippen LogP contribution < -0.4 is 0 Å². The van der Waals surface area contributed by atoms with Gasteiger partial charge in [-0.1, -0.05) is 383 Å². The molecule has 21 aromatic carbocycles. The van der Waals surface area contributed by atoms with Crippen molar-refractivity contribution >= 4 is 184 Å². The van der Waals surface area contributed by atoms with Gasteiger partial charge in [0.05, 0.1) is 60.4 Å². The molecule has 0 spiro atoms. The zero-order chi connectivity index (χ0) is 99.1. The molecule has 149 heavy (non-hydrogen) atoms. The van der Waals surface area contributed by atoms with E-state index in [1.54, 1.807) is 11.3 Å². The number of furan rings is 1. The number of hydrogen-bond donors (Lipinski definition) is 0. The van der Waals surface area contributed by atoms with Gasteiger partial charge in [0.1, 0.15) is 16.8 Å². The van der Waals surface area contributed by atoms with Crippen LogP contribution in [0.15, 0.2) is 423 Å². The molecule has 0 atom stereocenters. The lowest BCUT2D eigenvalue weighted by Gasteiger charge is -2.25. The van der Waals surface area contributed by atoms with Crippen LogP contribution in [-0.4, -0.2) is 43.6 Å². The van der Waals surface area contributed by atoms with Crippen LogP contribution in [0.5, 0.6) is 0 Å². The Labute approximate surface area is 861 Å². The minimum absolute atomic E-state index is 0.105. The number of rotatable bonds is 6. The Morgan fingerprint density at radius 3 is 0.973 bits per heavy atom. The normalized spacial score (nSPS) is 14.1. The van der Waals surface area contributed by atoms with Gasteiger partial charge in [0.15, 0.2) is 5.58 Å². The summed E-state index contributed by atoms with van der Waals surface area (Å²) in [4.78, 5) is 33.0. The second kappa shape index (κ2) is 31.2. The SMILES string of the molecule is CC1(C)c2ccccc2-c2ccc(-c3nc(-n4c5cc6ccccc6cc5c5c6ccccc6ccc54)nc4c3C(C)(C)c3ccccc3-4)cc21.CC1(C)c2ccccc2-c2ccc(-c3nc(-n4c5cc6ccccc6cc5c5c6ccccc6ccc54)nc4c3oc3ccccc34)cc21.CC1(C)c2ccccc2-c2ccc(-c3nc(-n4c5cc6ccccc6cc5c5c6ccccc6ccc54)nc4c3sc3ccccc34)cc21. The minimum atomic E-state index is -0.273. The molecule has 0 saturated heterocycles. The summed E-state index contributed by atoms with van der Waals surface area (Å²) in [7, 11) is 0. The number of thiophene rings is 1. The molecule has 702 valence electrons. The van der Waals surface area contributed by atoms with Gasteiger partial charge in [-0.3, -0.25) is 13.7 Å². The molecule has 0 amide bonds. The van der Waals surface area contributed by atoms with Gasteiger partial charge in [-0.2, -0.15) is 0 Å². The summed E-state index contributed by atoms with van der Waals surface area (Å²) in [5, 5.41) is 24.0. The van der Waals surface area contributed by atoms with Crippen LogP contribution in [0.4, 0.5) is 0 Å². The predicted octanol–water partition coefficient (Wildman–Crippen LogP) is 36.1. The van der Waals surface area contributed by atoms with E-state index in [-0.39, 0.29) is 21.7 Å². The topological polar surface area (TPSA) is 105 Å². The highest BCUT2D eigenvalue weighted by Gasteiger charge is 2.44. The highest BCUT2D eigenvalue weighted by atomic mass is 32.1. The molecule has 0 aliphatic heterocycles. The lowest BCUT2D eigenvalue weighted by molar-refractivity contribution is 0.655. The molecule has 4 aliphatic rings. The number of benzene rings is 21. The lowest BCUT2D eigenvalue weighted by atomic mass is 9.79. The molecule has 0 bridgehead atoms. The summed E-state index contributed by atoms with van der Waals surface area (Å²) in [5.41, 5.74) is 36.0. The van der Waals surface area contributed by atoms with Gasteiger partial charge in [0, 0.05) is 97.3 Å². The maximum absolute atomic E-state index is 6.60. The number of para-hydroxylation sites is 1. The summed E-state index contributed by atoms with van der Waals surface area (Å²) in [6, 6.07) is 152. The standard InChI is InChI=1S/C48H35N3.C45H29N3O.C45H29N3S/c1-47(2)37-19-11-9-17-33(37)34-23-21-31(26-39(34)47)44-43-45(35-18-10-12-20-38(35)48(43,3)4)50-46(49-44)51-40-24-22-28-13-7-8-16-32(28)42(40)36-25-29-14-5-6-15-30(29)27-41(36)51;2*1-45(2)35-17-9-7-15-31(35)32-21-19-29(24-36(32)45)41-43-42(33-16-8-10-18-39(33)49-43)47-44(46-41)48-37-22-20-26-11-5-6-14-30(26)40(37)34-23-27-12-3-4-13-28(27)25-38(34)48/h5-27H,1-4H3;2*3-25H,1-2H3. The monoisotopic (exact) mass is 1920 g/mol. The highest BCUT2D eigenvalue weighted by molar-refractivity contribution is 7.26. The van der Waals surface area contributed by atoms with E-state index in [0.29, 0.717) is 23.4 Å². The quantitative estimate of drug-likeness (QED) is 0.163. The van der Waals surface area contributed by atoms with Gasteiger partial charge in [-0.25, -0.2) is 29.9 Å². The van der Waals surface area contributed by atoms with E-state index < -0.39 is 0 Å². The molecule has 0 fully saturated rings. The van der Waals surface area contributed by atoms with Crippen molar-refractivity contribution in [2.24, 2.45) is 0 Å². The van der Waals surface area contributed by atoms with Crippen LogP contribution in [0.2, 0.25) is 0 Å². The van der Waals surface area contributed by atoms with E-state index in [1.807, 2.05) is 18.2 Å². The van der Waals surface area contributed by atoms with Crippen molar-refractivity contribution in [2.45, 2.75) is 77.0 Å². The van der Waals surface area contributed by atoms with Gasteiger partial charge >= 0.3 is 0 Å². The third-order valence-corrected chi connectivity index (χ3v) is 34.7. The molecule has 8 heterocycles. The fourth-order valence-electron chi connectivity index (χ4n) is 26.3. The number of aromatic nitrogens is 9. The van der Waals surface area contributed by atoms with Crippen LogP contribution >= 0.6 is 11.3 Å². The van der Waals surface area contributed by atoms with Gasteiger partial charge in [-0.15, -0.1) is 11.3 Å². The molecule has 10 nitrogen and oxygen atoms in total. The van der Waals surface area contributed by atoms with Crippen molar-refractivity contribution in [3.05, 3.63) is 463 Å². The fourth-order valence-corrected chi connectivity index (χ4v) is 27.4. The van der Waals surface area contributed by atoms with Crippen LogP contribution in [0.3, 0.4) is 0 Å². The molecule has 0 saturated carbocycles. The Morgan fingerprint density at radius 1 is 0.215 bits per heavy atom. The number of hydrogen-bond acceptors (Lipinski definition) is 8. The molecular weight excluding hydrogens is 1830 g/mol.